The van der Waals surface area contributed by atoms with E-state index in [1.807, 2.05) is 24.6 Å². The smallest absolute Gasteiger partial charge is 0.263 e. The Morgan fingerprint density at radius 3 is 2.60 bits per heavy atom. The lowest BCUT2D eigenvalue weighted by atomic mass is 10.1. The standard InChI is InChI=1S/C18H23F2N3S.ClH/c1-13-17(24-12-22-13)11-23(10-15-6-7-21-8-15)9-14-2-4-16(5-3-14)18(19)20;/h2-5,12,15,18,21H,6-11H2,1H3;1H. The van der Waals surface area contributed by atoms with Crippen molar-refractivity contribution < 1.29 is 8.78 Å². The highest BCUT2D eigenvalue weighted by atomic mass is 35.5. The van der Waals surface area contributed by atoms with Gasteiger partial charge in [0.05, 0.1) is 11.2 Å². The molecule has 7 heteroatoms. The van der Waals surface area contributed by atoms with E-state index in [0.717, 1.165) is 44.0 Å². The number of aromatic nitrogens is 1. The fourth-order valence-electron chi connectivity index (χ4n) is 3.13. The molecule has 0 saturated carbocycles. The first kappa shape index (κ1) is 20.2. The van der Waals surface area contributed by atoms with E-state index in [2.05, 4.69) is 15.2 Å². The Morgan fingerprint density at radius 2 is 2.04 bits per heavy atom. The predicted molar refractivity (Wildman–Crippen MR) is 101 cm³/mol. The number of benzene rings is 1. The van der Waals surface area contributed by atoms with Crippen LogP contribution < -0.4 is 5.32 Å². The number of hydrogen-bond acceptors (Lipinski definition) is 4. The lowest BCUT2D eigenvalue weighted by Crippen LogP contribution is -2.30. The minimum atomic E-state index is -2.40. The minimum absolute atomic E-state index is 0. The van der Waals surface area contributed by atoms with Gasteiger partial charge in [-0.1, -0.05) is 24.3 Å². The SMILES string of the molecule is Cc1ncsc1CN(Cc1ccc(C(F)F)cc1)CC1CCNC1.Cl. The maximum absolute atomic E-state index is 12.7. The molecule has 2 heterocycles. The molecule has 1 atom stereocenters. The Balaban J connectivity index is 0.00000225. The van der Waals surface area contributed by atoms with E-state index >= 15 is 0 Å². The zero-order valence-corrected chi connectivity index (χ0v) is 15.9. The van der Waals surface area contributed by atoms with Crippen molar-refractivity contribution in [3.63, 3.8) is 0 Å². The molecular weight excluding hydrogens is 364 g/mol. The van der Waals surface area contributed by atoms with Crippen molar-refractivity contribution >= 4 is 23.7 Å². The van der Waals surface area contributed by atoms with E-state index in [4.69, 9.17) is 0 Å². The van der Waals surface area contributed by atoms with Gasteiger partial charge >= 0.3 is 0 Å². The molecule has 3 rings (SSSR count). The zero-order chi connectivity index (χ0) is 16.9. The lowest BCUT2D eigenvalue weighted by molar-refractivity contribution is 0.151. The molecule has 0 amide bonds. The Hall–Kier alpha value is -1.08. The third-order valence-electron chi connectivity index (χ3n) is 4.53. The van der Waals surface area contributed by atoms with Crippen LogP contribution in [0.5, 0.6) is 0 Å². The summed E-state index contributed by atoms with van der Waals surface area (Å²) in [6.07, 6.45) is -1.21. The number of halogens is 3. The fourth-order valence-corrected chi connectivity index (χ4v) is 3.95. The van der Waals surface area contributed by atoms with E-state index < -0.39 is 6.43 Å². The van der Waals surface area contributed by atoms with Crippen LogP contribution in [0.2, 0.25) is 0 Å². The Bertz CT molecular complexity index is 642. The van der Waals surface area contributed by atoms with Gasteiger partial charge in [0, 0.05) is 30.1 Å². The average Bonchev–Trinajstić information content (AvgIpc) is 3.20. The summed E-state index contributed by atoms with van der Waals surface area (Å²) in [6.45, 7) is 6.84. The number of aryl methyl sites for hydroxylation is 1. The van der Waals surface area contributed by atoms with Crippen LogP contribution >= 0.6 is 23.7 Å². The van der Waals surface area contributed by atoms with Gasteiger partial charge in [0.25, 0.3) is 6.43 Å². The molecule has 0 bridgehead atoms. The number of alkyl halides is 2. The van der Waals surface area contributed by atoms with Gasteiger partial charge in [0.2, 0.25) is 0 Å². The Morgan fingerprint density at radius 1 is 1.28 bits per heavy atom. The Labute approximate surface area is 157 Å². The molecule has 0 radical (unpaired) electrons. The van der Waals surface area contributed by atoms with Gasteiger partial charge in [-0.05, 0) is 37.9 Å². The second kappa shape index (κ2) is 9.57. The normalized spacial score (nSPS) is 17.2. The molecule has 1 unspecified atom stereocenters. The first-order valence-electron chi connectivity index (χ1n) is 8.31. The summed E-state index contributed by atoms with van der Waals surface area (Å²) in [6, 6.07) is 6.71. The van der Waals surface area contributed by atoms with E-state index in [1.54, 1.807) is 11.3 Å². The second-order valence-electron chi connectivity index (χ2n) is 6.43. The van der Waals surface area contributed by atoms with E-state index in [1.165, 1.54) is 23.4 Å². The quantitative estimate of drug-likeness (QED) is 0.762. The molecule has 1 aliphatic rings. The number of rotatable bonds is 7. The van der Waals surface area contributed by atoms with Gasteiger partial charge in [0.15, 0.2) is 0 Å². The molecule has 1 saturated heterocycles. The predicted octanol–water partition coefficient (Wildman–Crippen LogP) is 4.42. The maximum Gasteiger partial charge on any atom is 0.263 e. The zero-order valence-electron chi connectivity index (χ0n) is 14.3. The minimum Gasteiger partial charge on any atom is -0.316 e. The summed E-state index contributed by atoms with van der Waals surface area (Å²) in [5.41, 5.74) is 4.14. The van der Waals surface area contributed by atoms with Gasteiger partial charge in [-0.2, -0.15) is 0 Å². The highest BCUT2D eigenvalue weighted by molar-refractivity contribution is 7.09. The van der Waals surface area contributed by atoms with Crippen LogP contribution in [0.3, 0.4) is 0 Å². The third-order valence-corrected chi connectivity index (χ3v) is 5.45. The van der Waals surface area contributed by atoms with Crippen LogP contribution in [0.4, 0.5) is 8.78 Å². The highest BCUT2D eigenvalue weighted by Gasteiger charge is 2.20. The molecular formula is C18H24ClF2N3S. The van der Waals surface area contributed by atoms with Gasteiger partial charge in [-0.3, -0.25) is 4.90 Å². The molecule has 138 valence electrons. The molecule has 1 aliphatic heterocycles. The van der Waals surface area contributed by atoms with Crippen molar-refractivity contribution in [1.29, 1.82) is 0 Å². The number of thiazole rings is 1. The fraction of sp³-hybridized carbons (Fsp3) is 0.500. The molecule has 1 aromatic heterocycles. The number of nitrogens with zero attached hydrogens (tertiary/aromatic N) is 2. The highest BCUT2D eigenvalue weighted by Crippen LogP contribution is 2.22. The summed E-state index contributed by atoms with van der Waals surface area (Å²) in [5.74, 6) is 0.651. The third kappa shape index (κ3) is 5.71. The molecule has 1 fully saturated rings. The van der Waals surface area contributed by atoms with Gasteiger partial charge < -0.3 is 5.32 Å². The van der Waals surface area contributed by atoms with Crippen LogP contribution in [0, 0.1) is 12.8 Å². The second-order valence-corrected chi connectivity index (χ2v) is 7.37. The van der Waals surface area contributed by atoms with Crippen LogP contribution in [-0.4, -0.2) is 29.5 Å². The summed E-state index contributed by atoms with van der Waals surface area (Å²) >= 11 is 1.69. The van der Waals surface area contributed by atoms with Crippen LogP contribution in [0.15, 0.2) is 29.8 Å². The van der Waals surface area contributed by atoms with Crippen molar-refractivity contribution in [2.45, 2.75) is 32.9 Å². The first-order chi connectivity index (χ1) is 11.6. The first-order valence-corrected chi connectivity index (χ1v) is 9.19. The van der Waals surface area contributed by atoms with Crippen LogP contribution in [0.1, 0.15) is 34.5 Å². The van der Waals surface area contributed by atoms with Gasteiger partial charge in [-0.15, -0.1) is 23.7 Å². The summed E-state index contributed by atoms with van der Waals surface area (Å²) in [5, 5.41) is 3.41. The van der Waals surface area contributed by atoms with Crippen molar-refractivity contribution in [3.05, 3.63) is 51.5 Å². The monoisotopic (exact) mass is 387 g/mol. The molecule has 1 aromatic carbocycles. The summed E-state index contributed by atoms with van der Waals surface area (Å²) in [4.78, 5) is 8.03. The van der Waals surface area contributed by atoms with E-state index in [-0.39, 0.29) is 18.0 Å². The molecule has 1 N–H and O–H groups in total. The topological polar surface area (TPSA) is 28.2 Å². The largest absolute Gasteiger partial charge is 0.316 e. The summed E-state index contributed by atoms with van der Waals surface area (Å²) < 4.78 is 25.4. The van der Waals surface area contributed by atoms with Crippen molar-refractivity contribution in [1.82, 2.24) is 15.2 Å². The number of nitrogens with one attached hydrogen (secondary N) is 1. The van der Waals surface area contributed by atoms with Crippen molar-refractivity contribution in [2.75, 3.05) is 19.6 Å². The molecule has 3 nitrogen and oxygen atoms in total. The van der Waals surface area contributed by atoms with E-state index in [9.17, 15) is 8.78 Å². The number of hydrogen-bond donors (Lipinski definition) is 1. The van der Waals surface area contributed by atoms with E-state index in [0.29, 0.717) is 5.92 Å². The van der Waals surface area contributed by atoms with Crippen LogP contribution in [0.25, 0.3) is 0 Å². The summed E-state index contributed by atoms with van der Waals surface area (Å²) in [7, 11) is 0. The maximum atomic E-state index is 12.7. The molecule has 2 aromatic rings. The average molecular weight is 388 g/mol. The van der Waals surface area contributed by atoms with Gasteiger partial charge in [-0.25, -0.2) is 13.8 Å². The van der Waals surface area contributed by atoms with Gasteiger partial charge in [0.1, 0.15) is 0 Å². The van der Waals surface area contributed by atoms with Crippen molar-refractivity contribution in [2.24, 2.45) is 5.92 Å². The molecule has 0 aliphatic carbocycles. The Kier molecular flexibility index (Phi) is 7.75. The molecule has 0 spiro atoms. The lowest BCUT2D eigenvalue weighted by Gasteiger charge is -2.25. The van der Waals surface area contributed by atoms with Crippen LogP contribution in [-0.2, 0) is 13.1 Å². The van der Waals surface area contributed by atoms with Crippen molar-refractivity contribution in [3.8, 4) is 0 Å². The molecule has 25 heavy (non-hydrogen) atoms.